The van der Waals surface area contributed by atoms with Gasteiger partial charge in [0.25, 0.3) is 5.91 Å². The van der Waals surface area contributed by atoms with Gasteiger partial charge in [0.1, 0.15) is 0 Å². The van der Waals surface area contributed by atoms with E-state index in [1.54, 1.807) is 0 Å². The quantitative estimate of drug-likeness (QED) is 0.652. The maximum absolute atomic E-state index is 11.9. The monoisotopic (exact) mass is 306 g/mol. The van der Waals surface area contributed by atoms with Gasteiger partial charge >= 0.3 is 5.97 Å². The summed E-state index contributed by atoms with van der Waals surface area (Å²) >= 11 is 0. The lowest BCUT2D eigenvalue weighted by atomic mass is 10.1. The number of carboxylic acids is 1. The summed E-state index contributed by atoms with van der Waals surface area (Å²) in [6, 6.07) is 7.56. The second-order valence-electron chi connectivity index (χ2n) is 5.23. The molecular formula is C17H26N2O3. The molecule has 0 fully saturated rings. The van der Waals surface area contributed by atoms with Gasteiger partial charge in [-0.3, -0.25) is 9.59 Å². The first-order valence-corrected chi connectivity index (χ1v) is 7.93. The lowest BCUT2D eigenvalue weighted by Crippen LogP contribution is -2.26. The zero-order valence-electron chi connectivity index (χ0n) is 13.5. The number of aliphatic carboxylic acids is 1. The lowest BCUT2D eigenvalue weighted by Gasteiger charge is -2.23. The van der Waals surface area contributed by atoms with E-state index in [1.807, 2.05) is 24.3 Å². The molecule has 0 heterocycles. The SMILES string of the molecule is CCCCN(CC)c1ccc(C(=O)NCCCC(=O)O)cc1. The van der Waals surface area contributed by atoms with E-state index in [-0.39, 0.29) is 12.3 Å². The van der Waals surface area contributed by atoms with Crippen molar-refractivity contribution in [3.63, 3.8) is 0 Å². The van der Waals surface area contributed by atoms with Gasteiger partial charge in [0.2, 0.25) is 0 Å². The summed E-state index contributed by atoms with van der Waals surface area (Å²) in [6.45, 7) is 6.64. The largest absolute Gasteiger partial charge is 0.481 e. The lowest BCUT2D eigenvalue weighted by molar-refractivity contribution is -0.137. The summed E-state index contributed by atoms with van der Waals surface area (Å²) < 4.78 is 0. The number of benzene rings is 1. The molecule has 0 spiro atoms. The Morgan fingerprint density at radius 1 is 1.14 bits per heavy atom. The van der Waals surface area contributed by atoms with E-state index in [0.717, 1.165) is 31.6 Å². The van der Waals surface area contributed by atoms with E-state index < -0.39 is 5.97 Å². The minimum atomic E-state index is -0.842. The van der Waals surface area contributed by atoms with Gasteiger partial charge < -0.3 is 15.3 Å². The van der Waals surface area contributed by atoms with Gasteiger partial charge in [0, 0.05) is 37.3 Å². The Bertz CT molecular complexity index is 471. The van der Waals surface area contributed by atoms with Crippen molar-refractivity contribution in [3.8, 4) is 0 Å². The standard InChI is InChI=1S/C17H26N2O3/c1-3-5-13-19(4-2)15-10-8-14(9-11-15)17(22)18-12-6-7-16(20)21/h8-11H,3-7,12-13H2,1-2H3,(H,18,22)(H,20,21). The number of amides is 1. The van der Waals surface area contributed by atoms with Crippen LogP contribution in [0.15, 0.2) is 24.3 Å². The Balaban J connectivity index is 2.52. The fourth-order valence-corrected chi connectivity index (χ4v) is 2.19. The zero-order chi connectivity index (χ0) is 16.4. The molecule has 0 saturated heterocycles. The summed E-state index contributed by atoms with van der Waals surface area (Å²) in [7, 11) is 0. The van der Waals surface area contributed by atoms with Gasteiger partial charge in [0.15, 0.2) is 0 Å². The second-order valence-corrected chi connectivity index (χ2v) is 5.23. The van der Waals surface area contributed by atoms with Crippen LogP contribution in [-0.2, 0) is 4.79 Å². The first-order valence-electron chi connectivity index (χ1n) is 7.93. The first kappa shape index (κ1) is 18.0. The predicted molar refractivity (Wildman–Crippen MR) is 88.4 cm³/mol. The average Bonchev–Trinajstić information content (AvgIpc) is 2.52. The molecule has 5 heteroatoms. The summed E-state index contributed by atoms with van der Waals surface area (Å²) in [5.41, 5.74) is 1.73. The average molecular weight is 306 g/mol. The van der Waals surface area contributed by atoms with Crippen LogP contribution in [0.5, 0.6) is 0 Å². The Hall–Kier alpha value is -2.04. The Kier molecular flexibility index (Phi) is 8.04. The number of carbonyl (C=O) groups is 2. The predicted octanol–water partition coefficient (Wildman–Crippen LogP) is 2.91. The molecule has 0 bridgehead atoms. The fourth-order valence-electron chi connectivity index (χ4n) is 2.19. The molecule has 1 aromatic carbocycles. The zero-order valence-corrected chi connectivity index (χ0v) is 13.5. The molecule has 0 aromatic heterocycles. The Morgan fingerprint density at radius 3 is 2.36 bits per heavy atom. The molecule has 0 aliphatic heterocycles. The number of anilines is 1. The van der Waals surface area contributed by atoms with Crippen molar-refractivity contribution in [2.45, 2.75) is 39.5 Å². The fraction of sp³-hybridized carbons (Fsp3) is 0.529. The molecule has 2 N–H and O–H groups in total. The number of hydrogen-bond acceptors (Lipinski definition) is 3. The highest BCUT2D eigenvalue weighted by Gasteiger charge is 2.08. The highest BCUT2D eigenvalue weighted by Crippen LogP contribution is 2.16. The highest BCUT2D eigenvalue weighted by atomic mass is 16.4. The number of hydrogen-bond donors (Lipinski definition) is 2. The molecule has 1 amide bonds. The van der Waals surface area contributed by atoms with E-state index >= 15 is 0 Å². The number of nitrogens with one attached hydrogen (secondary N) is 1. The third-order valence-electron chi connectivity index (χ3n) is 3.51. The van der Waals surface area contributed by atoms with E-state index in [9.17, 15) is 9.59 Å². The van der Waals surface area contributed by atoms with Gasteiger partial charge in [-0.25, -0.2) is 0 Å². The summed E-state index contributed by atoms with van der Waals surface area (Å²) in [5, 5.41) is 11.3. The smallest absolute Gasteiger partial charge is 0.303 e. The van der Waals surface area contributed by atoms with Crippen molar-refractivity contribution >= 4 is 17.6 Å². The molecule has 22 heavy (non-hydrogen) atoms. The third kappa shape index (κ3) is 6.16. The van der Waals surface area contributed by atoms with Gasteiger partial charge in [-0.15, -0.1) is 0 Å². The van der Waals surface area contributed by atoms with E-state index in [4.69, 9.17) is 5.11 Å². The van der Waals surface area contributed by atoms with Crippen molar-refractivity contribution in [2.75, 3.05) is 24.5 Å². The molecule has 0 aliphatic carbocycles. The van der Waals surface area contributed by atoms with E-state index in [0.29, 0.717) is 18.5 Å². The summed E-state index contributed by atoms with van der Waals surface area (Å²) in [6.07, 6.45) is 2.83. The van der Waals surface area contributed by atoms with Crippen LogP contribution in [0.3, 0.4) is 0 Å². The summed E-state index contributed by atoms with van der Waals surface area (Å²) in [4.78, 5) is 24.6. The molecule has 122 valence electrons. The molecule has 0 saturated carbocycles. The molecule has 0 aliphatic rings. The number of carbonyl (C=O) groups excluding carboxylic acids is 1. The van der Waals surface area contributed by atoms with Crippen molar-refractivity contribution < 1.29 is 14.7 Å². The van der Waals surface area contributed by atoms with Crippen LogP contribution in [0.2, 0.25) is 0 Å². The molecule has 1 aromatic rings. The van der Waals surface area contributed by atoms with Crippen molar-refractivity contribution in [3.05, 3.63) is 29.8 Å². The minimum Gasteiger partial charge on any atom is -0.481 e. The van der Waals surface area contributed by atoms with Crippen molar-refractivity contribution in [1.29, 1.82) is 0 Å². The van der Waals surface area contributed by atoms with E-state index in [1.165, 1.54) is 0 Å². The molecule has 1 rings (SSSR count). The topological polar surface area (TPSA) is 69.6 Å². The van der Waals surface area contributed by atoms with Gasteiger partial charge in [-0.05, 0) is 44.0 Å². The van der Waals surface area contributed by atoms with Crippen molar-refractivity contribution in [2.24, 2.45) is 0 Å². The van der Waals surface area contributed by atoms with Crippen LogP contribution < -0.4 is 10.2 Å². The molecule has 0 atom stereocenters. The molecule has 0 unspecified atom stereocenters. The van der Waals surface area contributed by atoms with Crippen LogP contribution in [0.1, 0.15) is 49.9 Å². The van der Waals surface area contributed by atoms with Gasteiger partial charge in [0.05, 0.1) is 0 Å². The normalized spacial score (nSPS) is 10.3. The van der Waals surface area contributed by atoms with Gasteiger partial charge in [-0.2, -0.15) is 0 Å². The molecule has 5 nitrogen and oxygen atoms in total. The summed E-state index contributed by atoms with van der Waals surface area (Å²) in [5.74, 6) is -1.00. The van der Waals surface area contributed by atoms with Crippen LogP contribution in [0.25, 0.3) is 0 Å². The number of nitrogens with zero attached hydrogens (tertiary/aromatic N) is 1. The third-order valence-corrected chi connectivity index (χ3v) is 3.51. The highest BCUT2D eigenvalue weighted by molar-refractivity contribution is 5.94. The Labute approximate surface area is 132 Å². The molecule has 0 radical (unpaired) electrons. The van der Waals surface area contributed by atoms with E-state index in [2.05, 4.69) is 24.1 Å². The maximum atomic E-state index is 11.9. The van der Waals surface area contributed by atoms with Crippen LogP contribution in [0, 0.1) is 0 Å². The van der Waals surface area contributed by atoms with Crippen molar-refractivity contribution in [1.82, 2.24) is 5.32 Å². The number of rotatable bonds is 10. The van der Waals surface area contributed by atoms with Crippen LogP contribution in [-0.4, -0.2) is 36.6 Å². The second kappa shape index (κ2) is 9.82. The van der Waals surface area contributed by atoms with Crippen LogP contribution >= 0.6 is 0 Å². The number of unbranched alkanes of at least 4 members (excludes halogenated alkanes) is 1. The van der Waals surface area contributed by atoms with Gasteiger partial charge in [-0.1, -0.05) is 13.3 Å². The Morgan fingerprint density at radius 2 is 1.82 bits per heavy atom. The first-order chi connectivity index (χ1) is 10.6. The molecular weight excluding hydrogens is 280 g/mol. The maximum Gasteiger partial charge on any atom is 0.303 e. The minimum absolute atomic E-state index is 0.0715. The van der Waals surface area contributed by atoms with Crippen LogP contribution in [0.4, 0.5) is 5.69 Å². The number of carboxylic acid groups (broad SMARTS) is 1.